The van der Waals surface area contributed by atoms with Gasteiger partial charge in [0.25, 0.3) is 5.91 Å². The van der Waals surface area contributed by atoms with Gasteiger partial charge in [-0.2, -0.15) is 0 Å². The summed E-state index contributed by atoms with van der Waals surface area (Å²) in [4.78, 5) is 43.8. The predicted octanol–water partition coefficient (Wildman–Crippen LogP) is 4.04. The highest BCUT2D eigenvalue weighted by molar-refractivity contribution is 5.94. The number of nitrogens with one attached hydrogen (secondary N) is 1. The Morgan fingerprint density at radius 3 is 2.45 bits per heavy atom. The fourth-order valence-electron chi connectivity index (χ4n) is 4.85. The fourth-order valence-corrected chi connectivity index (χ4v) is 4.85. The van der Waals surface area contributed by atoms with E-state index in [9.17, 15) is 32.7 Å². The lowest BCUT2D eigenvalue weighted by Gasteiger charge is -2.29. The minimum atomic E-state index is -1.11. The number of hydrogen-bond donors (Lipinski definition) is 3. The van der Waals surface area contributed by atoms with Crippen LogP contribution in [0.25, 0.3) is 11.1 Å². The van der Waals surface area contributed by atoms with Crippen LogP contribution in [0.5, 0.6) is 0 Å². The van der Waals surface area contributed by atoms with Gasteiger partial charge in [-0.05, 0) is 68.7 Å². The third kappa shape index (κ3) is 7.24. The van der Waals surface area contributed by atoms with Crippen molar-refractivity contribution in [1.29, 1.82) is 0 Å². The Morgan fingerprint density at radius 2 is 1.81 bits per heavy atom. The molecule has 1 aromatic heterocycles. The molecule has 1 saturated heterocycles. The molecule has 222 valence electrons. The minimum absolute atomic E-state index is 0.0681. The van der Waals surface area contributed by atoms with E-state index in [1.54, 1.807) is 32.9 Å². The number of ether oxygens (including phenoxy) is 1. The summed E-state index contributed by atoms with van der Waals surface area (Å²) in [6, 6.07) is 7.74. The van der Waals surface area contributed by atoms with Crippen molar-refractivity contribution in [1.82, 2.24) is 15.2 Å². The van der Waals surface area contributed by atoms with Crippen molar-refractivity contribution >= 4 is 17.9 Å². The summed E-state index contributed by atoms with van der Waals surface area (Å²) in [5.41, 5.74) is 5.29. The number of nitrogens with two attached hydrogens (primary N) is 1. The van der Waals surface area contributed by atoms with E-state index < -0.39 is 59.1 Å². The third-order valence-electron chi connectivity index (χ3n) is 6.60. The average Bonchev–Trinajstić information content (AvgIpc) is 3.29. The van der Waals surface area contributed by atoms with E-state index in [4.69, 9.17) is 10.5 Å². The largest absolute Gasteiger partial charge is 0.444 e. The van der Waals surface area contributed by atoms with Gasteiger partial charge in [0.1, 0.15) is 29.1 Å². The molecule has 1 fully saturated rings. The van der Waals surface area contributed by atoms with E-state index >= 15 is 0 Å². The van der Waals surface area contributed by atoms with Crippen LogP contribution < -0.4 is 11.1 Å². The van der Waals surface area contributed by atoms with Crippen LogP contribution >= 0.6 is 0 Å². The zero-order chi connectivity index (χ0) is 30.8. The number of halogens is 3. The van der Waals surface area contributed by atoms with E-state index in [0.29, 0.717) is 17.2 Å². The molecule has 9 nitrogen and oxygen atoms in total. The van der Waals surface area contributed by atoms with Crippen molar-refractivity contribution < 1.29 is 37.4 Å². The van der Waals surface area contributed by atoms with E-state index in [1.807, 2.05) is 0 Å². The van der Waals surface area contributed by atoms with Crippen molar-refractivity contribution in [3.8, 4) is 11.1 Å². The van der Waals surface area contributed by atoms with Crippen LogP contribution in [0.2, 0.25) is 0 Å². The molecule has 2 heterocycles. The van der Waals surface area contributed by atoms with Crippen molar-refractivity contribution in [2.24, 2.45) is 5.73 Å². The first-order valence-electron chi connectivity index (χ1n) is 13.2. The maximum atomic E-state index is 14.2. The molecule has 0 spiro atoms. The monoisotopic (exact) mass is 584 g/mol. The molecule has 3 aromatic rings. The molecule has 0 unspecified atom stereocenters. The Bertz CT molecular complexity index is 1490. The molecule has 3 amide bonds. The quantitative estimate of drug-likeness (QED) is 0.384. The first kappa shape index (κ1) is 30.5. The minimum Gasteiger partial charge on any atom is -0.444 e. The third-order valence-corrected chi connectivity index (χ3v) is 6.60. The van der Waals surface area contributed by atoms with Gasteiger partial charge in [-0.1, -0.05) is 12.1 Å². The fraction of sp³-hybridized carbons (Fsp3) is 0.333. The summed E-state index contributed by atoms with van der Waals surface area (Å²) >= 11 is 0. The van der Waals surface area contributed by atoms with Crippen molar-refractivity contribution in [2.45, 2.75) is 57.4 Å². The van der Waals surface area contributed by atoms with Crippen LogP contribution in [0, 0.1) is 17.5 Å². The second-order valence-electron chi connectivity index (χ2n) is 11.1. The topological polar surface area (TPSA) is 135 Å². The summed E-state index contributed by atoms with van der Waals surface area (Å²) < 4.78 is 47.8. The van der Waals surface area contributed by atoms with Crippen LogP contribution in [-0.4, -0.2) is 57.2 Å². The first-order chi connectivity index (χ1) is 19.7. The molecular formula is C30H31F3N4O5. The van der Waals surface area contributed by atoms with Gasteiger partial charge in [0.15, 0.2) is 0 Å². The lowest BCUT2D eigenvalue weighted by Crippen LogP contribution is -2.48. The summed E-state index contributed by atoms with van der Waals surface area (Å²) in [5, 5.41) is 13.1. The molecule has 1 aliphatic rings. The van der Waals surface area contributed by atoms with Gasteiger partial charge in [-0.25, -0.2) is 18.0 Å². The summed E-state index contributed by atoms with van der Waals surface area (Å²) in [5.74, 6) is -4.11. The lowest BCUT2D eigenvalue weighted by atomic mass is 9.94. The van der Waals surface area contributed by atoms with E-state index in [0.717, 1.165) is 23.1 Å². The standard InChI is InChI=1S/C30H31F3N4O5/c1-30(2,3)42-29(41)37-15-20(38)14-25(37)28(40)36-24(11-16-9-18(31)13-19(32)10-16)26-21(5-4-8-35-26)17-6-7-23(33)22(12-17)27(34)39/h4-10,12-13,20,24-25,38H,11,14-15H2,1-3H3,(H2,34,39)(H,36,40)/t20-,24+,25+/m1/s1. The smallest absolute Gasteiger partial charge is 0.411 e. The summed E-state index contributed by atoms with van der Waals surface area (Å²) in [6.45, 7) is 4.88. The number of nitrogens with zero attached hydrogens (tertiary/aromatic N) is 2. The number of amides is 3. The predicted molar refractivity (Wildman–Crippen MR) is 146 cm³/mol. The molecule has 3 atom stereocenters. The van der Waals surface area contributed by atoms with E-state index in [-0.39, 0.29) is 36.2 Å². The number of rotatable bonds is 7. The summed E-state index contributed by atoms with van der Waals surface area (Å²) in [7, 11) is 0. The number of β-amino-alcohol motifs (C(OH)–C–C–N with tert-alkyl or cyclic N) is 1. The zero-order valence-corrected chi connectivity index (χ0v) is 23.2. The van der Waals surface area contributed by atoms with Gasteiger partial charge < -0.3 is 20.9 Å². The van der Waals surface area contributed by atoms with Gasteiger partial charge in [-0.3, -0.25) is 19.5 Å². The second kappa shape index (κ2) is 12.2. The van der Waals surface area contributed by atoms with Crippen LogP contribution in [0.3, 0.4) is 0 Å². The highest BCUT2D eigenvalue weighted by Crippen LogP contribution is 2.31. The number of aliphatic hydroxyl groups is 1. The number of hydrogen-bond acceptors (Lipinski definition) is 6. The summed E-state index contributed by atoms with van der Waals surface area (Å²) in [6.07, 6.45) is -0.528. The SMILES string of the molecule is CC(C)(C)OC(=O)N1C[C@H](O)C[C@H]1C(=O)N[C@@H](Cc1cc(F)cc(F)c1)c1ncccc1-c1ccc(F)c(C(N)=O)c1. The second-order valence-corrected chi connectivity index (χ2v) is 11.1. The van der Waals surface area contributed by atoms with Crippen molar-refractivity contribution in [3.63, 3.8) is 0 Å². The van der Waals surface area contributed by atoms with Crippen molar-refractivity contribution in [2.75, 3.05) is 6.54 Å². The van der Waals surface area contributed by atoms with E-state index in [2.05, 4.69) is 10.3 Å². The van der Waals surface area contributed by atoms with Gasteiger partial charge in [-0.15, -0.1) is 0 Å². The van der Waals surface area contributed by atoms with Crippen LogP contribution in [0.4, 0.5) is 18.0 Å². The molecule has 0 aliphatic carbocycles. The molecule has 4 N–H and O–H groups in total. The zero-order valence-electron chi connectivity index (χ0n) is 23.2. The van der Waals surface area contributed by atoms with Crippen LogP contribution in [-0.2, 0) is 16.0 Å². The Labute approximate surface area is 240 Å². The Balaban J connectivity index is 1.74. The number of benzene rings is 2. The maximum Gasteiger partial charge on any atom is 0.411 e. The first-order valence-corrected chi connectivity index (χ1v) is 13.2. The molecule has 0 saturated carbocycles. The number of pyridine rings is 1. The average molecular weight is 585 g/mol. The lowest BCUT2D eigenvalue weighted by molar-refractivity contribution is -0.126. The Morgan fingerprint density at radius 1 is 1.12 bits per heavy atom. The molecule has 2 aromatic carbocycles. The number of primary amides is 1. The normalized spacial score (nSPS) is 17.5. The molecule has 42 heavy (non-hydrogen) atoms. The number of likely N-dealkylation sites (tertiary alicyclic amines) is 1. The van der Waals surface area contributed by atoms with Crippen molar-refractivity contribution in [3.05, 3.63) is 89.0 Å². The molecule has 12 heteroatoms. The maximum absolute atomic E-state index is 14.2. The van der Waals surface area contributed by atoms with E-state index in [1.165, 1.54) is 18.3 Å². The highest BCUT2D eigenvalue weighted by Gasteiger charge is 2.41. The van der Waals surface area contributed by atoms with Gasteiger partial charge >= 0.3 is 6.09 Å². The number of aromatic nitrogens is 1. The van der Waals surface area contributed by atoms with Gasteiger partial charge in [0.2, 0.25) is 5.91 Å². The van der Waals surface area contributed by atoms with Crippen LogP contribution in [0.1, 0.15) is 54.8 Å². The molecule has 1 aliphatic heterocycles. The number of carbonyl (C=O) groups is 3. The Kier molecular flexibility index (Phi) is 8.86. The van der Waals surface area contributed by atoms with Gasteiger partial charge in [0.05, 0.1) is 29.9 Å². The van der Waals surface area contributed by atoms with Crippen LogP contribution in [0.15, 0.2) is 54.7 Å². The molecular weight excluding hydrogens is 553 g/mol. The Hall–Kier alpha value is -4.45. The highest BCUT2D eigenvalue weighted by atomic mass is 19.1. The molecule has 4 rings (SSSR count). The molecule has 0 radical (unpaired) electrons. The number of aliphatic hydroxyl groups excluding tert-OH is 1. The number of carbonyl (C=O) groups excluding carboxylic acids is 3. The molecule has 0 bridgehead atoms. The van der Waals surface area contributed by atoms with Gasteiger partial charge in [0, 0.05) is 24.2 Å².